The number of nitrogen functional groups attached to an aromatic ring is 1. The summed E-state index contributed by atoms with van der Waals surface area (Å²) < 4.78 is 0. The first kappa shape index (κ1) is 12.7. The first-order valence-electron chi connectivity index (χ1n) is 5.64. The number of hydrazine groups is 1. The van der Waals surface area contributed by atoms with Crippen LogP contribution in [0.4, 0.5) is 11.8 Å². The minimum Gasteiger partial charge on any atom is -0.369 e. The Bertz CT molecular complexity index is 524. The Kier molecular flexibility index (Phi) is 4.06. The number of rotatable bonds is 5. The second-order valence-corrected chi connectivity index (χ2v) is 4.87. The SMILES string of the molecule is Cc1csc(CCNc2nc(NN)ncc2C)n1. The normalized spacial score (nSPS) is 10.4. The standard InChI is InChI=1S/C11H16N6S/c1-7-5-14-11(17-12)16-10(7)13-4-3-9-15-8(2)6-18-9/h5-6H,3-4,12H2,1-2H3,(H2,13,14,16,17). The smallest absolute Gasteiger partial charge is 0.239 e. The fourth-order valence-corrected chi connectivity index (χ4v) is 2.27. The third-order valence-corrected chi connectivity index (χ3v) is 3.43. The molecule has 0 spiro atoms. The van der Waals surface area contributed by atoms with Crippen molar-refractivity contribution < 1.29 is 0 Å². The minimum atomic E-state index is 0.410. The molecule has 4 N–H and O–H groups in total. The number of hydrogen-bond donors (Lipinski definition) is 3. The Morgan fingerprint density at radius 1 is 1.33 bits per heavy atom. The van der Waals surface area contributed by atoms with Crippen molar-refractivity contribution in [2.75, 3.05) is 17.3 Å². The molecule has 96 valence electrons. The molecule has 2 aromatic rings. The molecule has 0 unspecified atom stereocenters. The second-order valence-electron chi connectivity index (χ2n) is 3.93. The van der Waals surface area contributed by atoms with Crippen molar-refractivity contribution in [2.24, 2.45) is 5.84 Å². The number of hydrogen-bond acceptors (Lipinski definition) is 7. The Labute approximate surface area is 110 Å². The van der Waals surface area contributed by atoms with E-state index in [1.165, 1.54) is 0 Å². The third-order valence-electron chi connectivity index (χ3n) is 2.40. The summed E-state index contributed by atoms with van der Waals surface area (Å²) in [4.78, 5) is 12.7. The van der Waals surface area contributed by atoms with E-state index in [2.05, 4.69) is 31.1 Å². The van der Waals surface area contributed by atoms with Crippen molar-refractivity contribution >= 4 is 23.1 Å². The molecule has 0 saturated heterocycles. The Morgan fingerprint density at radius 2 is 2.17 bits per heavy atom. The largest absolute Gasteiger partial charge is 0.369 e. The van der Waals surface area contributed by atoms with E-state index in [9.17, 15) is 0 Å². The van der Waals surface area contributed by atoms with Crippen LogP contribution in [0, 0.1) is 13.8 Å². The zero-order chi connectivity index (χ0) is 13.0. The monoisotopic (exact) mass is 264 g/mol. The van der Waals surface area contributed by atoms with Gasteiger partial charge in [0.1, 0.15) is 5.82 Å². The first-order chi connectivity index (χ1) is 8.69. The highest BCUT2D eigenvalue weighted by Crippen LogP contribution is 2.13. The molecule has 0 bridgehead atoms. The molecule has 7 heteroatoms. The van der Waals surface area contributed by atoms with Crippen LogP contribution in [-0.4, -0.2) is 21.5 Å². The van der Waals surface area contributed by atoms with E-state index in [0.717, 1.165) is 35.0 Å². The molecule has 0 aromatic carbocycles. The number of anilines is 2. The fraction of sp³-hybridized carbons (Fsp3) is 0.364. The van der Waals surface area contributed by atoms with Crippen LogP contribution >= 0.6 is 11.3 Å². The van der Waals surface area contributed by atoms with Gasteiger partial charge >= 0.3 is 0 Å². The fourth-order valence-electron chi connectivity index (χ4n) is 1.50. The van der Waals surface area contributed by atoms with Crippen molar-refractivity contribution in [3.05, 3.63) is 27.8 Å². The molecular weight excluding hydrogens is 248 g/mol. The van der Waals surface area contributed by atoms with Gasteiger partial charge in [-0.15, -0.1) is 11.3 Å². The highest BCUT2D eigenvalue weighted by molar-refractivity contribution is 7.09. The lowest BCUT2D eigenvalue weighted by atomic mass is 10.3. The summed E-state index contributed by atoms with van der Waals surface area (Å²) >= 11 is 1.68. The summed E-state index contributed by atoms with van der Waals surface area (Å²) in [5.41, 5.74) is 4.50. The van der Waals surface area contributed by atoms with Gasteiger partial charge < -0.3 is 5.32 Å². The maximum absolute atomic E-state index is 5.28. The van der Waals surface area contributed by atoms with E-state index >= 15 is 0 Å². The lowest BCUT2D eigenvalue weighted by molar-refractivity contribution is 0.967. The predicted octanol–water partition coefficient (Wildman–Crippen LogP) is 1.49. The van der Waals surface area contributed by atoms with Crippen molar-refractivity contribution in [3.63, 3.8) is 0 Å². The van der Waals surface area contributed by atoms with Crippen LogP contribution < -0.4 is 16.6 Å². The van der Waals surface area contributed by atoms with Crippen LogP contribution in [0.2, 0.25) is 0 Å². The maximum atomic E-state index is 5.28. The van der Waals surface area contributed by atoms with Crippen LogP contribution in [0.15, 0.2) is 11.6 Å². The van der Waals surface area contributed by atoms with Gasteiger partial charge in [-0.05, 0) is 13.8 Å². The van der Waals surface area contributed by atoms with Crippen molar-refractivity contribution in [2.45, 2.75) is 20.3 Å². The van der Waals surface area contributed by atoms with Gasteiger partial charge in [0.05, 0.1) is 5.01 Å². The molecular formula is C11H16N6S. The van der Waals surface area contributed by atoms with Gasteiger partial charge in [0, 0.05) is 35.8 Å². The van der Waals surface area contributed by atoms with Gasteiger partial charge in [0.2, 0.25) is 5.95 Å². The summed E-state index contributed by atoms with van der Waals surface area (Å²) in [7, 11) is 0. The maximum Gasteiger partial charge on any atom is 0.239 e. The Hall–Kier alpha value is -1.73. The highest BCUT2D eigenvalue weighted by Gasteiger charge is 2.03. The zero-order valence-corrected chi connectivity index (χ0v) is 11.2. The molecule has 0 aliphatic heterocycles. The lowest BCUT2D eigenvalue weighted by Gasteiger charge is -2.08. The molecule has 2 heterocycles. The summed E-state index contributed by atoms with van der Waals surface area (Å²) in [5, 5.41) is 6.45. The quantitative estimate of drug-likeness (QED) is 0.560. The Balaban J connectivity index is 1.93. The van der Waals surface area contributed by atoms with Crippen LogP contribution in [-0.2, 0) is 6.42 Å². The summed E-state index contributed by atoms with van der Waals surface area (Å²) in [6.07, 6.45) is 2.62. The molecule has 2 aromatic heterocycles. The molecule has 0 radical (unpaired) electrons. The summed E-state index contributed by atoms with van der Waals surface area (Å²) in [5.74, 6) is 6.49. The lowest BCUT2D eigenvalue weighted by Crippen LogP contribution is -2.13. The molecule has 6 nitrogen and oxygen atoms in total. The molecule has 0 saturated carbocycles. The van der Waals surface area contributed by atoms with E-state index in [0.29, 0.717) is 5.95 Å². The van der Waals surface area contributed by atoms with E-state index in [1.54, 1.807) is 17.5 Å². The average molecular weight is 264 g/mol. The van der Waals surface area contributed by atoms with Crippen molar-refractivity contribution in [3.8, 4) is 0 Å². The minimum absolute atomic E-state index is 0.410. The number of nitrogens with zero attached hydrogens (tertiary/aromatic N) is 3. The van der Waals surface area contributed by atoms with Crippen LogP contribution in [0.5, 0.6) is 0 Å². The zero-order valence-electron chi connectivity index (χ0n) is 10.4. The van der Waals surface area contributed by atoms with Gasteiger partial charge in [0.25, 0.3) is 0 Å². The van der Waals surface area contributed by atoms with Gasteiger partial charge in [-0.3, -0.25) is 5.43 Å². The number of aromatic nitrogens is 3. The van der Waals surface area contributed by atoms with E-state index in [-0.39, 0.29) is 0 Å². The predicted molar refractivity (Wildman–Crippen MR) is 73.6 cm³/mol. The van der Waals surface area contributed by atoms with E-state index in [1.807, 2.05) is 13.8 Å². The number of thiazole rings is 1. The van der Waals surface area contributed by atoms with Crippen molar-refractivity contribution in [1.29, 1.82) is 0 Å². The summed E-state index contributed by atoms with van der Waals surface area (Å²) in [6.45, 7) is 4.74. The van der Waals surface area contributed by atoms with Gasteiger partial charge in [-0.2, -0.15) is 4.98 Å². The number of aryl methyl sites for hydroxylation is 2. The van der Waals surface area contributed by atoms with Crippen LogP contribution in [0.1, 0.15) is 16.3 Å². The van der Waals surface area contributed by atoms with Crippen molar-refractivity contribution in [1.82, 2.24) is 15.0 Å². The molecule has 0 atom stereocenters. The molecule has 0 fully saturated rings. The first-order valence-corrected chi connectivity index (χ1v) is 6.52. The number of nitrogens with two attached hydrogens (primary N) is 1. The highest BCUT2D eigenvalue weighted by atomic mass is 32.1. The molecule has 18 heavy (non-hydrogen) atoms. The average Bonchev–Trinajstić information content (AvgIpc) is 2.77. The molecule has 2 rings (SSSR count). The van der Waals surface area contributed by atoms with Gasteiger partial charge in [-0.1, -0.05) is 0 Å². The third kappa shape index (κ3) is 3.14. The van der Waals surface area contributed by atoms with Gasteiger partial charge in [-0.25, -0.2) is 15.8 Å². The molecule has 0 aliphatic rings. The van der Waals surface area contributed by atoms with Crippen LogP contribution in [0.3, 0.4) is 0 Å². The number of nitrogens with one attached hydrogen (secondary N) is 2. The Morgan fingerprint density at radius 3 is 2.83 bits per heavy atom. The second kappa shape index (κ2) is 5.74. The van der Waals surface area contributed by atoms with E-state index in [4.69, 9.17) is 5.84 Å². The summed E-state index contributed by atoms with van der Waals surface area (Å²) in [6, 6.07) is 0. The van der Waals surface area contributed by atoms with Gasteiger partial charge in [0.15, 0.2) is 0 Å². The van der Waals surface area contributed by atoms with E-state index < -0.39 is 0 Å². The molecule has 0 aliphatic carbocycles. The topological polar surface area (TPSA) is 88.8 Å². The van der Waals surface area contributed by atoms with Crippen LogP contribution in [0.25, 0.3) is 0 Å². The molecule has 0 amide bonds.